The van der Waals surface area contributed by atoms with Gasteiger partial charge in [0.25, 0.3) is 0 Å². The van der Waals surface area contributed by atoms with Crippen molar-refractivity contribution in [1.82, 2.24) is 9.80 Å². The fourth-order valence-corrected chi connectivity index (χ4v) is 3.28. The van der Waals surface area contributed by atoms with E-state index in [2.05, 4.69) is 36.9 Å². The topological polar surface area (TPSA) is 32.8 Å². The fourth-order valence-electron chi connectivity index (χ4n) is 3.28. The summed E-state index contributed by atoms with van der Waals surface area (Å²) in [6.45, 7) is 9.83. The Morgan fingerprint density at radius 2 is 1.87 bits per heavy atom. The van der Waals surface area contributed by atoms with Crippen LogP contribution in [-0.4, -0.2) is 55.0 Å². The summed E-state index contributed by atoms with van der Waals surface area (Å²) in [5.41, 5.74) is 2.41. The largest absolute Gasteiger partial charge is 0.493 e. The van der Waals surface area contributed by atoms with Crippen molar-refractivity contribution in [1.29, 1.82) is 0 Å². The lowest BCUT2D eigenvalue weighted by Gasteiger charge is -2.36. The molecule has 0 atom stereocenters. The summed E-state index contributed by atoms with van der Waals surface area (Å²) >= 11 is 0. The van der Waals surface area contributed by atoms with Crippen LogP contribution >= 0.6 is 0 Å². The SMILES string of the molecule is CC(=O)N(C)C1CCN(CCCOc2c(C)cccc2C)CC1. The highest BCUT2D eigenvalue weighted by molar-refractivity contribution is 5.73. The predicted octanol–water partition coefficient (Wildman–Crippen LogP) is 3.02. The minimum atomic E-state index is 0.172. The molecule has 1 fully saturated rings. The van der Waals surface area contributed by atoms with Gasteiger partial charge in [-0.05, 0) is 44.2 Å². The molecule has 1 aliphatic heterocycles. The Labute approximate surface area is 140 Å². The van der Waals surface area contributed by atoms with Crippen LogP contribution in [0.4, 0.5) is 0 Å². The summed E-state index contributed by atoms with van der Waals surface area (Å²) in [6.07, 6.45) is 3.20. The first kappa shape index (κ1) is 17.8. The quantitative estimate of drug-likeness (QED) is 0.756. The predicted molar refractivity (Wildman–Crippen MR) is 93.9 cm³/mol. The van der Waals surface area contributed by atoms with E-state index in [1.54, 1.807) is 6.92 Å². The molecule has 0 N–H and O–H groups in total. The molecule has 0 unspecified atom stereocenters. The Kier molecular flexibility index (Phi) is 6.46. The monoisotopic (exact) mass is 318 g/mol. The number of likely N-dealkylation sites (tertiary alicyclic amines) is 1. The van der Waals surface area contributed by atoms with Gasteiger partial charge in [0.15, 0.2) is 0 Å². The lowest BCUT2D eigenvalue weighted by atomic mass is 10.0. The number of amides is 1. The van der Waals surface area contributed by atoms with E-state index in [-0.39, 0.29) is 5.91 Å². The summed E-state index contributed by atoms with van der Waals surface area (Å²) in [5, 5.41) is 0. The number of nitrogens with zero attached hydrogens (tertiary/aromatic N) is 2. The van der Waals surface area contributed by atoms with Crippen molar-refractivity contribution < 1.29 is 9.53 Å². The smallest absolute Gasteiger partial charge is 0.219 e. The van der Waals surface area contributed by atoms with Crippen molar-refractivity contribution >= 4 is 5.91 Å². The van der Waals surface area contributed by atoms with Crippen molar-refractivity contribution in [2.75, 3.05) is 33.3 Å². The second-order valence-corrected chi connectivity index (χ2v) is 6.63. The van der Waals surface area contributed by atoms with E-state index in [0.717, 1.165) is 51.3 Å². The highest BCUT2D eigenvalue weighted by Gasteiger charge is 2.23. The van der Waals surface area contributed by atoms with Crippen LogP contribution in [0, 0.1) is 13.8 Å². The molecule has 0 radical (unpaired) electrons. The number of benzene rings is 1. The van der Waals surface area contributed by atoms with Crippen molar-refractivity contribution in [3.63, 3.8) is 0 Å². The van der Waals surface area contributed by atoms with Gasteiger partial charge >= 0.3 is 0 Å². The number of piperidine rings is 1. The van der Waals surface area contributed by atoms with Gasteiger partial charge in [0, 0.05) is 39.6 Å². The maximum atomic E-state index is 11.4. The van der Waals surface area contributed by atoms with Crippen LogP contribution in [0.3, 0.4) is 0 Å². The molecule has 0 bridgehead atoms. The molecule has 1 aromatic rings. The first-order valence-electron chi connectivity index (χ1n) is 8.64. The van der Waals surface area contributed by atoms with E-state index in [1.807, 2.05) is 11.9 Å². The van der Waals surface area contributed by atoms with E-state index in [1.165, 1.54) is 11.1 Å². The molecule has 0 saturated carbocycles. The number of hydrogen-bond donors (Lipinski definition) is 0. The Morgan fingerprint density at radius 3 is 2.43 bits per heavy atom. The molecule has 0 spiro atoms. The van der Waals surface area contributed by atoms with E-state index in [9.17, 15) is 4.79 Å². The van der Waals surface area contributed by atoms with Gasteiger partial charge in [0.2, 0.25) is 5.91 Å². The molecule has 23 heavy (non-hydrogen) atoms. The average molecular weight is 318 g/mol. The first-order valence-corrected chi connectivity index (χ1v) is 8.64. The van der Waals surface area contributed by atoms with Gasteiger partial charge in [-0.1, -0.05) is 18.2 Å². The van der Waals surface area contributed by atoms with Crippen LogP contribution < -0.4 is 4.74 Å². The summed E-state index contributed by atoms with van der Waals surface area (Å²) in [5.74, 6) is 1.21. The van der Waals surface area contributed by atoms with Crippen molar-refractivity contribution in [2.45, 2.75) is 46.1 Å². The Hall–Kier alpha value is -1.55. The van der Waals surface area contributed by atoms with Crippen molar-refractivity contribution in [3.8, 4) is 5.75 Å². The van der Waals surface area contributed by atoms with Gasteiger partial charge in [-0.15, -0.1) is 0 Å². The second kappa shape index (κ2) is 8.34. The molecule has 1 aromatic carbocycles. The highest BCUT2D eigenvalue weighted by Crippen LogP contribution is 2.22. The molecule has 1 heterocycles. The molecule has 1 amide bonds. The lowest BCUT2D eigenvalue weighted by Crippen LogP contribution is -2.45. The molecule has 1 aliphatic rings. The minimum absolute atomic E-state index is 0.172. The summed E-state index contributed by atoms with van der Waals surface area (Å²) in [7, 11) is 1.92. The standard InChI is InChI=1S/C19H30N2O2/c1-15-7-5-8-16(2)19(15)23-14-6-11-21-12-9-18(10-13-21)20(4)17(3)22/h5,7-8,18H,6,9-14H2,1-4H3. The number of ether oxygens (including phenoxy) is 1. The molecule has 4 nitrogen and oxygen atoms in total. The molecule has 0 aromatic heterocycles. The zero-order chi connectivity index (χ0) is 16.8. The minimum Gasteiger partial charge on any atom is -0.493 e. The first-order chi connectivity index (χ1) is 11.0. The van der Waals surface area contributed by atoms with Crippen molar-refractivity contribution in [3.05, 3.63) is 29.3 Å². The van der Waals surface area contributed by atoms with Gasteiger partial charge in [-0.3, -0.25) is 4.79 Å². The van der Waals surface area contributed by atoms with Gasteiger partial charge in [0.05, 0.1) is 6.61 Å². The lowest BCUT2D eigenvalue weighted by molar-refractivity contribution is -0.130. The number of rotatable bonds is 6. The molecular weight excluding hydrogens is 288 g/mol. The third-order valence-corrected chi connectivity index (χ3v) is 4.88. The molecule has 4 heteroatoms. The summed E-state index contributed by atoms with van der Waals surface area (Å²) < 4.78 is 5.97. The van der Waals surface area contributed by atoms with Gasteiger partial charge in [0.1, 0.15) is 5.75 Å². The second-order valence-electron chi connectivity index (χ2n) is 6.63. The van der Waals surface area contributed by atoms with E-state index < -0.39 is 0 Å². The van der Waals surface area contributed by atoms with Crippen molar-refractivity contribution in [2.24, 2.45) is 0 Å². The Balaban J connectivity index is 1.67. The maximum Gasteiger partial charge on any atom is 0.219 e. The van der Waals surface area contributed by atoms with Crippen LogP contribution in [0.15, 0.2) is 18.2 Å². The highest BCUT2D eigenvalue weighted by atomic mass is 16.5. The number of para-hydroxylation sites is 1. The van der Waals surface area contributed by atoms with Crippen LogP contribution in [0.25, 0.3) is 0 Å². The average Bonchev–Trinajstić information content (AvgIpc) is 2.53. The normalized spacial score (nSPS) is 16.3. The third kappa shape index (κ3) is 4.96. The van der Waals surface area contributed by atoms with Crippen LogP contribution in [0.2, 0.25) is 0 Å². The maximum absolute atomic E-state index is 11.4. The number of hydrogen-bond acceptors (Lipinski definition) is 3. The molecule has 0 aliphatic carbocycles. The number of carbonyl (C=O) groups excluding carboxylic acids is 1. The zero-order valence-electron chi connectivity index (χ0n) is 15.0. The van der Waals surface area contributed by atoms with Crippen LogP contribution in [0.5, 0.6) is 5.75 Å². The van der Waals surface area contributed by atoms with Gasteiger partial charge < -0.3 is 14.5 Å². The fraction of sp³-hybridized carbons (Fsp3) is 0.632. The molecule has 1 saturated heterocycles. The summed E-state index contributed by atoms with van der Waals surface area (Å²) in [4.78, 5) is 15.8. The molecule has 2 rings (SSSR count). The van der Waals surface area contributed by atoms with E-state index in [4.69, 9.17) is 4.74 Å². The number of carbonyl (C=O) groups is 1. The van der Waals surface area contributed by atoms with E-state index in [0.29, 0.717) is 6.04 Å². The van der Waals surface area contributed by atoms with Crippen LogP contribution in [-0.2, 0) is 4.79 Å². The Bertz CT molecular complexity index is 502. The zero-order valence-corrected chi connectivity index (χ0v) is 15.0. The van der Waals surface area contributed by atoms with Gasteiger partial charge in [-0.25, -0.2) is 0 Å². The van der Waals surface area contributed by atoms with Crippen LogP contribution in [0.1, 0.15) is 37.3 Å². The van der Waals surface area contributed by atoms with E-state index >= 15 is 0 Å². The summed E-state index contributed by atoms with van der Waals surface area (Å²) in [6, 6.07) is 6.67. The third-order valence-electron chi connectivity index (χ3n) is 4.88. The molecular formula is C19H30N2O2. The molecule has 128 valence electrons. The van der Waals surface area contributed by atoms with Gasteiger partial charge in [-0.2, -0.15) is 0 Å². The Morgan fingerprint density at radius 1 is 1.26 bits per heavy atom. The number of aryl methyl sites for hydroxylation is 2.